The minimum atomic E-state index is -1.25. The van der Waals surface area contributed by atoms with Crippen LogP contribution in [0.2, 0.25) is 0 Å². The van der Waals surface area contributed by atoms with E-state index in [1.165, 1.54) is 4.57 Å². The summed E-state index contributed by atoms with van der Waals surface area (Å²) in [5.74, 6) is -1.22. The number of alkyl carbamates (subject to hydrolysis) is 1. The summed E-state index contributed by atoms with van der Waals surface area (Å²) >= 11 is 0. The second-order valence-corrected chi connectivity index (χ2v) is 7.88. The van der Waals surface area contributed by atoms with E-state index in [1.807, 2.05) is 48.5 Å². The van der Waals surface area contributed by atoms with Crippen molar-refractivity contribution >= 4 is 29.1 Å². The van der Waals surface area contributed by atoms with E-state index >= 15 is 0 Å². The number of amides is 1. The molecular weight excluding hydrogens is 448 g/mol. The number of aromatic nitrogens is 1. The molecule has 3 aromatic carbocycles. The Morgan fingerprint density at radius 3 is 2.00 bits per heavy atom. The number of nitrogens with one attached hydrogen (secondary N) is 1. The largest absolute Gasteiger partial charge is 0.480 e. The van der Waals surface area contributed by atoms with E-state index in [0.29, 0.717) is 16.5 Å². The molecule has 0 saturated carbocycles. The molecule has 0 aliphatic rings. The summed E-state index contributed by atoms with van der Waals surface area (Å²) in [6.45, 7) is 0.125. The lowest BCUT2D eigenvalue weighted by Gasteiger charge is -2.14. The summed E-state index contributed by atoms with van der Waals surface area (Å²) in [6, 6.07) is 24.2. The van der Waals surface area contributed by atoms with Crippen molar-refractivity contribution in [3.8, 4) is 0 Å². The van der Waals surface area contributed by atoms with E-state index < -0.39 is 24.2 Å². The normalized spacial score (nSPS) is 11.5. The fourth-order valence-electron chi connectivity index (χ4n) is 3.68. The highest BCUT2D eigenvalue weighted by Crippen LogP contribution is 2.23. The van der Waals surface area contributed by atoms with Crippen LogP contribution in [0.1, 0.15) is 16.7 Å². The van der Waals surface area contributed by atoms with Crippen LogP contribution in [0.15, 0.2) is 91.1 Å². The van der Waals surface area contributed by atoms with E-state index in [1.54, 1.807) is 42.6 Å². The summed E-state index contributed by atoms with van der Waals surface area (Å²) in [5, 5.41) is 12.8. The molecule has 1 heterocycles. The quantitative estimate of drug-likeness (QED) is 0.383. The smallest absolute Gasteiger partial charge is 0.418 e. The number of carbonyl (C=O) groups is 3. The van der Waals surface area contributed by atoms with E-state index in [9.17, 15) is 19.5 Å². The van der Waals surface area contributed by atoms with Gasteiger partial charge in [0.05, 0.1) is 5.52 Å². The number of fused-ring (bicyclic) bond motifs is 1. The van der Waals surface area contributed by atoms with Gasteiger partial charge in [0, 0.05) is 18.0 Å². The maximum Gasteiger partial charge on any atom is 0.418 e. The van der Waals surface area contributed by atoms with Crippen LogP contribution in [0, 0.1) is 0 Å². The van der Waals surface area contributed by atoms with E-state index in [-0.39, 0.29) is 19.6 Å². The molecule has 35 heavy (non-hydrogen) atoms. The summed E-state index contributed by atoms with van der Waals surface area (Å²) < 4.78 is 12.0. The molecule has 1 aromatic heterocycles. The Hall–Kier alpha value is -4.59. The maximum absolute atomic E-state index is 12.8. The van der Waals surface area contributed by atoms with Crippen molar-refractivity contribution in [3.05, 3.63) is 108 Å². The zero-order valence-corrected chi connectivity index (χ0v) is 18.8. The number of hydrogen-bond donors (Lipinski definition) is 2. The Kier molecular flexibility index (Phi) is 7.42. The highest BCUT2D eigenvalue weighted by atomic mass is 16.6. The van der Waals surface area contributed by atoms with Crippen molar-refractivity contribution in [1.29, 1.82) is 0 Å². The number of para-hydroxylation sites is 1. The molecule has 0 spiro atoms. The summed E-state index contributed by atoms with van der Waals surface area (Å²) in [7, 11) is 0. The molecule has 8 heteroatoms. The van der Waals surface area contributed by atoms with Crippen molar-refractivity contribution in [2.45, 2.75) is 25.7 Å². The predicted molar refractivity (Wildman–Crippen MR) is 129 cm³/mol. The number of carbonyl (C=O) groups excluding carboxylic acids is 2. The number of hydrogen-bond acceptors (Lipinski definition) is 5. The third-order valence-corrected chi connectivity index (χ3v) is 5.42. The Morgan fingerprint density at radius 2 is 1.37 bits per heavy atom. The fraction of sp³-hybridized carbons (Fsp3) is 0.148. The lowest BCUT2D eigenvalue weighted by molar-refractivity contribution is -0.139. The third kappa shape index (κ3) is 6.05. The molecule has 0 radical (unpaired) electrons. The van der Waals surface area contributed by atoms with Gasteiger partial charge >= 0.3 is 18.2 Å². The fourth-order valence-corrected chi connectivity index (χ4v) is 3.68. The minimum Gasteiger partial charge on any atom is -0.480 e. The van der Waals surface area contributed by atoms with Gasteiger partial charge in [-0.3, -0.25) is 4.57 Å². The van der Waals surface area contributed by atoms with Crippen LogP contribution in [-0.4, -0.2) is 33.9 Å². The van der Waals surface area contributed by atoms with Gasteiger partial charge in [-0.05, 0) is 22.8 Å². The highest BCUT2D eigenvalue weighted by Gasteiger charge is 2.24. The number of ether oxygens (including phenoxy) is 2. The van der Waals surface area contributed by atoms with Crippen LogP contribution in [-0.2, 0) is 33.9 Å². The average molecular weight is 472 g/mol. The zero-order valence-electron chi connectivity index (χ0n) is 18.8. The standard InChI is InChI=1S/C27H24N2O6/c30-25(31)23(28-26(32)34-17-19-9-3-1-4-10-19)15-21-16-29(24-14-8-7-13-22(21)24)27(33)35-18-20-11-5-2-6-12-20/h1-14,16,23H,15,17-18H2,(H,28,32)(H,30,31)/t23-/m0/s1. The SMILES string of the molecule is O=C(N[C@@H](Cc1cn(C(=O)OCc2ccccc2)c2ccccc12)C(=O)O)OCc1ccccc1. The molecule has 2 N–H and O–H groups in total. The molecule has 0 aliphatic carbocycles. The van der Waals surface area contributed by atoms with Gasteiger partial charge in [-0.15, -0.1) is 0 Å². The second-order valence-electron chi connectivity index (χ2n) is 7.88. The minimum absolute atomic E-state index is 0.0194. The van der Waals surface area contributed by atoms with Crippen molar-refractivity contribution < 1.29 is 29.0 Å². The van der Waals surface area contributed by atoms with Gasteiger partial charge in [0.1, 0.15) is 19.3 Å². The molecule has 0 aliphatic heterocycles. The Balaban J connectivity index is 1.47. The molecule has 0 bridgehead atoms. The maximum atomic E-state index is 12.8. The molecule has 1 atom stereocenters. The molecular formula is C27H24N2O6. The molecule has 4 rings (SSSR count). The highest BCUT2D eigenvalue weighted by molar-refractivity contribution is 5.92. The van der Waals surface area contributed by atoms with Crippen molar-refractivity contribution in [3.63, 3.8) is 0 Å². The predicted octanol–water partition coefficient (Wildman–Crippen LogP) is 4.75. The summed E-state index contributed by atoms with van der Waals surface area (Å²) in [5.41, 5.74) is 2.79. The third-order valence-electron chi connectivity index (χ3n) is 5.42. The van der Waals surface area contributed by atoms with Gasteiger partial charge in [-0.1, -0.05) is 78.9 Å². The summed E-state index contributed by atoms with van der Waals surface area (Å²) in [6.07, 6.45) is 0.0749. The molecule has 1 amide bonds. The molecule has 0 fully saturated rings. The van der Waals surface area contributed by atoms with E-state index in [0.717, 1.165) is 11.1 Å². The second kappa shape index (κ2) is 11.0. The monoisotopic (exact) mass is 472 g/mol. The topological polar surface area (TPSA) is 107 Å². The van der Waals surface area contributed by atoms with Gasteiger partial charge in [-0.2, -0.15) is 0 Å². The molecule has 0 saturated heterocycles. The lowest BCUT2D eigenvalue weighted by atomic mass is 10.1. The Bertz CT molecular complexity index is 1320. The van der Waals surface area contributed by atoms with Crippen LogP contribution in [0.3, 0.4) is 0 Å². The Labute approximate surface area is 201 Å². The van der Waals surface area contributed by atoms with Crippen LogP contribution in [0.25, 0.3) is 10.9 Å². The zero-order chi connectivity index (χ0) is 24.6. The van der Waals surface area contributed by atoms with E-state index in [4.69, 9.17) is 9.47 Å². The first-order chi connectivity index (χ1) is 17.0. The van der Waals surface area contributed by atoms with Crippen molar-refractivity contribution in [2.24, 2.45) is 0 Å². The van der Waals surface area contributed by atoms with Gasteiger partial charge in [0.25, 0.3) is 0 Å². The van der Waals surface area contributed by atoms with Crippen LogP contribution in [0.5, 0.6) is 0 Å². The van der Waals surface area contributed by atoms with Crippen molar-refractivity contribution in [1.82, 2.24) is 9.88 Å². The number of carboxylic acid groups (broad SMARTS) is 1. The average Bonchev–Trinajstić information content (AvgIpc) is 3.25. The molecule has 8 nitrogen and oxygen atoms in total. The van der Waals surface area contributed by atoms with Crippen molar-refractivity contribution in [2.75, 3.05) is 0 Å². The molecule has 178 valence electrons. The first-order valence-corrected chi connectivity index (χ1v) is 11.0. The summed E-state index contributed by atoms with van der Waals surface area (Å²) in [4.78, 5) is 36.9. The number of benzene rings is 3. The number of aliphatic carboxylic acids is 1. The van der Waals surface area contributed by atoms with E-state index in [2.05, 4.69) is 5.32 Å². The number of nitrogens with zero attached hydrogens (tertiary/aromatic N) is 1. The Morgan fingerprint density at radius 1 is 0.800 bits per heavy atom. The lowest BCUT2D eigenvalue weighted by Crippen LogP contribution is -2.42. The number of rotatable bonds is 8. The molecule has 0 unspecified atom stereocenters. The first kappa shape index (κ1) is 23.6. The first-order valence-electron chi connectivity index (χ1n) is 11.0. The molecule has 4 aromatic rings. The van der Waals surface area contributed by atoms with Crippen LogP contribution in [0.4, 0.5) is 9.59 Å². The van der Waals surface area contributed by atoms with Gasteiger partial charge < -0.3 is 19.9 Å². The van der Waals surface area contributed by atoms with Gasteiger partial charge in [0.2, 0.25) is 0 Å². The van der Waals surface area contributed by atoms with Crippen LogP contribution >= 0.6 is 0 Å². The van der Waals surface area contributed by atoms with Gasteiger partial charge in [0.15, 0.2) is 0 Å². The number of carboxylic acids is 1. The van der Waals surface area contributed by atoms with Gasteiger partial charge in [-0.25, -0.2) is 14.4 Å². The van der Waals surface area contributed by atoms with Crippen LogP contribution < -0.4 is 5.32 Å².